The van der Waals surface area contributed by atoms with Crippen molar-refractivity contribution in [3.8, 4) is 0 Å². The molecule has 0 aromatic carbocycles. The largest absolute Gasteiger partial charge is 0.342 e. The molecule has 1 atom stereocenters. The summed E-state index contributed by atoms with van der Waals surface area (Å²) < 4.78 is 0. The lowest BCUT2D eigenvalue weighted by molar-refractivity contribution is -0.133. The molecule has 1 heterocycles. The Bertz CT molecular complexity index is 161. The second kappa shape index (κ2) is 4.85. The van der Waals surface area contributed by atoms with Crippen LogP contribution in [-0.2, 0) is 4.79 Å². The highest BCUT2D eigenvalue weighted by molar-refractivity contribution is 9.09. The third-order valence-electron chi connectivity index (χ3n) is 2.22. The average molecular weight is 234 g/mol. The lowest BCUT2D eigenvalue weighted by Crippen LogP contribution is -2.38. The highest BCUT2D eigenvalue weighted by Gasteiger charge is 2.18. The fourth-order valence-electron chi connectivity index (χ4n) is 1.48. The van der Waals surface area contributed by atoms with Crippen LogP contribution in [0.4, 0.5) is 0 Å². The lowest BCUT2D eigenvalue weighted by atomic mass is 10.1. The Labute approximate surface area is 82.4 Å². The Kier molecular flexibility index (Phi) is 4.06. The van der Waals surface area contributed by atoms with Crippen LogP contribution in [-0.4, -0.2) is 29.2 Å². The minimum Gasteiger partial charge on any atom is -0.342 e. The zero-order valence-corrected chi connectivity index (χ0v) is 9.14. The Hall–Kier alpha value is -0.0500. The van der Waals surface area contributed by atoms with Crippen LogP contribution in [0.5, 0.6) is 0 Å². The van der Waals surface area contributed by atoms with Gasteiger partial charge >= 0.3 is 0 Å². The van der Waals surface area contributed by atoms with Gasteiger partial charge in [0.05, 0.1) is 0 Å². The summed E-state index contributed by atoms with van der Waals surface area (Å²) in [4.78, 5) is 13.4. The van der Waals surface area contributed by atoms with Gasteiger partial charge in [0, 0.05) is 24.8 Å². The van der Waals surface area contributed by atoms with E-state index in [-0.39, 0.29) is 0 Å². The molecule has 0 bridgehead atoms. The fourth-order valence-corrected chi connectivity index (χ4v) is 1.68. The van der Waals surface area contributed by atoms with Gasteiger partial charge in [-0.25, -0.2) is 0 Å². The summed E-state index contributed by atoms with van der Waals surface area (Å²) in [5.74, 6) is 0.918. The molecule has 0 aliphatic carbocycles. The second-order valence-corrected chi connectivity index (χ2v) is 4.20. The zero-order valence-electron chi connectivity index (χ0n) is 7.55. The molecule has 0 aromatic rings. The topological polar surface area (TPSA) is 20.3 Å². The van der Waals surface area contributed by atoms with Gasteiger partial charge in [0.25, 0.3) is 0 Å². The highest BCUT2D eigenvalue weighted by atomic mass is 79.9. The number of rotatable bonds is 3. The van der Waals surface area contributed by atoms with Crippen LogP contribution >= 0.6 is 15.9 Å². The Morgan fingerprint density at radius 2 is 2.33 bits per heavy atom. The maximum absolute atomic E-state index is 11.4. The van der Waals surface area contributed by atoms with Crippen molar-refractivity contribution >= 4 is 21.8 Å². The molecule has 0 spiro atoms. The van der Waals surface area contributed by atoms with Crippen LogP contribution in [0.25, 0.3) is 0 Å². The van der Waals surface area contributed by atoms with Crippen molar-refractivity contribution in [2.75, 3.05) is 18.4 Å². The van der Waals surface area contributed by atoms with Crippen LogP contribution in [0.2, 0.25) is 0 Å². The Morgan fingerprint density at radius 1 is 1.58 bits per heavy atom. The molecule has 0 saturated carbocycles. The quantitative estimate of drug-likeness (QED) is 0.684. The molecule has 3 heteroatoms. The van der Waals surface area contributed by atoms with E-state index in [0.29, 0.717) is 11.8 Å². The molecular weight excluding hydrogens is 218 g/mol. The van der Waals surface area contributed by atoms with Gasteiger partial charge in [-0.15, -0.1) is 0 Å². The lowest BCUT2D eigenvalue weighted by Gasteiger charge is -2.28. The number of amides is 1. The molecule has 2 nitrogen and oxygen atoms in total. The van der Waals surface area contributed by atoms with Gasteiger partial charge in [0.15, 0.2) is 0 Å². The summed E-state index contributed by atoms with van der Waals surface area (Å²) >= 11 is 3.42. The third kappa shape index (κ3) is 2.77. The van der Waals surface area contributed by atoms with Gasteiger partial charge in [-0.2, -0.15) is 0 Å². The Balaban J connectivity index is 2.34. The molecular formula is C9H16BrNO. The summed E-state index contributed by atoms with van der Waals surface area (Å²) in [7, 11) is 0. The second-order valence-electron chi connectivity index (χ2n) is 3.56. The van der Waals surface area contributed by atoms with Crippen molar-refractivity contribution in [2.45, 2.75) is 26.2 Å². The molecule has 1 amide bonds. The molecule has 1 unspecified atom stereocenters. The summed E-state index contributed by atoms with van der Waals surface area (Å²) in [5, 5.41) is 0.983. The highest BCUT2D eigenvalue weighted by Crippen LogP contribution is 2.13. The summed E-state index contributed by atoms with van der Waals surface area (Å²) in [5.41, 5.74) is 0. The van der Waals surface area contributed by atoms with Crippen LogP contribution in [0, 0.1) is 5.92 Å². The van der Waals surface area contributed by atoms with Crippen molar-refractivity contribution in [2.24, 2.45) is 5.92 Å². The number of carbonyl (C=O) groups excluding carboxylic acids is 1. The maximum atomic E-state index is 11.4. The Morgan fingerprint density at radius 3 is 2.92 bits per heavy atom. The van der Waals surface area contributed by atoms with Crippen molar-refractivity contribution in [3.05, 3.63) is 0 Å². The number of likely N-dealkylation sites (tertiary alicyclic amines) is 1. The summed E-state index contributed by atoms with van der Waals surface area (Å²) in [6.45, 7) is 4.05. The minimum absolute atomic E-state index is 0.342. The van der Waals surface area contributed by atoms with Crippen molar-refractivity contribution in [1.82, 2.24) is 4.90 Å². The molecule has 0 N–H and O–H groups in total. The third-order valence-corrected chi connectivity index (χ3v) is 3.32. The number of carbonyl (C=O) groups is 1. The van der Waals surface area contributed by atoms with E-state index >= 15 is 0 Å². The fraction of sp³-hybridized carbons (Fsp3) is 0.889. The molecule has 12 heavy (non-hydrogen) atoms. The van der Waals surface area contributed by atoms with Crippen LogP contribution in [0.15, 0.2) is 0 Å². The standard InChI is InChI=1S/C9H16BrNO/c1-8(6-10)7-11-5-3-2-4-9(11)12/h8H,2-7H2,1H3. The van der Waals surface area contributed by atoms with E-state index in [2.05, 4.69) is 22.9 Å². The number of hydrogen-bond acceptors (Lipinski definition) is 1. The smallest absolute Gasteiger partial charge is 0.222 e. The molecule has 1 aliphatic rings. The number of hydrogen-bond donors (Lipinski definition) is 0. The first-order valence-electron chi connectivity index (χ1n) is 4.57. The van der Waals surface area contributed by atoms with E-state index in [4.69, 9.17) is 0 Å². The first-order chi connectivity index (χ1) is 5.74. The molecule has 70 valence electrons. The van der Waals surface area contributed by atoms with Crippen molar-refractivity contribution < 1.29 is 4.79 Å². The van der Waals surface area contributed by atoms with E-state index in [1.165, 1.54) is 6.42 Å². The van der Waals surface area contributed by atoms with Gasteiger partial charge < -0.3 is 4.90 Å². The molecule has 1 aliphatic heterocycles. The molecule has 1 fully saturated rings. The molecule has 1 rings (SSSR count). The predicted molar refractivity (Wildman–Crippen MR) is 53.4 cm³/mol. The van der Waals surface area contributed by atoms with Crippen molar-refractivity contribution in [1.29, 1.82) is 0 Å². The first-order valence-corrected chi connectivity index (χ1v) is 5.70. The van der Waals surface area contributed by atoms with Gasteiger partial charge in [-0.1, -0.05) is 22.9 Å². The number of alkyl halides is 1. The van der Waals surface area contributed by atoms with E-state index in [9.17, 15) is 4.79 Å². The zero-order chi connectivity index (χ0) is 8.97. The average Bonchev–Trinajstić information content (AvgIpc) is 2.09. The number of halogens is 1. The minimum atomic E-state index is 0.342. The molecule has 0 radical (unpaired) electrons. The van der Waals surface area contributed by atoms with E-state index in [1.807, 2.05) is 4.90 Å². The number of nitrogens with zero attached hydrogens (tertiary/aromatic N) is 1. The summed E-state index contributed by atoms with van der Waals surface area (Å²) in [6, 6.07) is 0. The van der Waals surface area contributed by atoms with Crippen molar-refractivity contribution in [3.63, 3.8) is 0 Å². The van der Waals surface area contributed by atoms with E-state index in [0.717, 1.165) is 31.3 Å². The number of piperidine rings is 1. The molecule has 1 saturated heterocycles. The van der Waals surface area contributed by atoms with E-state index < -0.39 is 0 Å². The molecule has 0 aromatic heterocycles. The van der Waals surface area contributed by atoms with Gasteiger partial charge in [-0.3, -0.25) is 4.79 Å². The monoisotopic (exact) mass is 233 g/mol. The van der Waals surface area contributed by atoms with Crippen LogP contribution < -0.4 is 0 Å². The SMILES string of the molecule is CC(CBr)CN1CCCCC1=O. The predicted octanol–water partition coefficient (Wildman–Crippen LogP) is 2.03. The van der Waals surface area contributed by atoms with Crippen LogP contribution in [0.1, 0.15) is 26.2 Å². The maximum Gasteiger partial charge on any atom is 0.222 e. The van der Waals surface area contributed by atoms with Crippen LogP contribution in [0.3, 0.4) is 0 Å². The van der Waals surface area contributed by atoms with Gasteiger partial charge in [-0.05, 0) is 18.8 Å². The normalized spacial score (nSPS) is 21.2. The summed E-state index contributed by atoms with van der Waals surface area (Å²) in [6.07, 6.45) is 3.02. The van der Waals surface area contributed by atoms with Gasteiger partial charge in [0.2, 0.25) is 5.91 Å². The van der Waals surface area contributed by atoms with Gasteiger partial charge in [0.1, 0.15) is 0 Å². The van der Waals surface area contributed by atoms with E-state index in [1.54, 1.807) is 0 Å². The first kappa shape index (κ1) is 10.0.